The predicted octanol–water partition coefficient (Wildman–Crippen LogP) is 3.20. The summed E-state index contributed by atoms with van der Waals surface area (Å²) in [6.07, 6.45) is 4.04. The molecule has 2 amide bonds. The van der Waals surface area contributed by atoms with Gasteiger partial charge in [-0.3, -0.25) is 4.79 Å². The normalized spacial score (nSPS) is 14.3. The number of nitrogens with zero attached hydrogens (tertiary/aromatic N) is 2. The predicted molar refractivity (Wildman–Crippen MR) is 119 cm³/mol. The number of unbranched alkanes of at least 4 members (excludes halogenated alkanes) is 1. The van der Waals surface area contributed by atoms with Crippen LogP contribution in [0.3, 0.4) is 0 Å². The number of ether oxygens (including phenoxy) is 2. The maximum atomic E-state index is 12.6. The fourth-order valence-electron chi connectivity index (χ4n) is 3.14. The fraction of sp³-hybridized carbons (Fsp3) is 0.478. The third-order valence-corrected chi connectivity index (χ3v) is 4.98. The van der Waals surface area contributed by atoms with Gasteiger partial charge < -0.3 is 25.0 Å². The van der Waals surface area contributed by atoms with Crippen LogP contribution in [0.4, 0.5) is 10.5 Å². The van der Waals surface area contributed by atoms with Crippen LogP contribution in [0, 0.1) is 11.3 Å². The number of para-hydroxylation sites is 1. The van der Waals surface area contributed by atoms with Gasteiger partial charge in [0.05, 0.1) is 24.5 Å². The summed E-state index contributed by atoms with van der Waals surface area (Å²) in [5.41, 5.74) is 0.392. The highest BCUT2D eigenvalue weighted by atomic mass is 16.6. The van der Waals surface area contributed by atoms with Crippen molar-refractivity contribution in [2.45, 2.75) is 45.6 Å². The minimum atomic E-state index is -0.627. The van der Waals surface area contributed by atoms with E-state index in [0.717, 1.165) is 12.8 Å². The summed E-state index contributed by atoms with van der Waals surface area (Å²) in [6, 6.07) is 8.42. The Hall–Kier alpha value is -3.54. The van der Waals surface area contributed by atoms with E-state index in [-0.39, 0.29) is 29.0 Å². The molecule has 2 rings (SSSR count). The van der Waals surface area contributed by atoms with Crippen LogP contribution in [0.25, 0.3) is 0 Å². The van der Waals surface area contributed by atoms with E-state index in [0.29, 0.717) is 39.1 Å². The number of anilines is 1. The van der Waals surface area contributed by atoms with E-state index in [9.17, 15) is 19.6 Å². The molecular weight excluding hydrogens is 412 g/mol. The van der Waals surface area contributed by atoms with Crippen molar-refractivity contribution in [3.05, 3.63) is 41.6 Å². The maximum Gasteiger partial charge on any atom is 0.409 e. The summed E-state index contributed by atoms with van der Waals surface area (Å²) in [5.74, 6) is -1.15. The highest BCUT2D eigenvalue weighted by Gasteiger charge is 2.23. The molecule has 1 fully saturated rings. The Morgan fingerprint density at radius 1 is 1.19 bits per heavy atom. The zero-order valence-corrected chi connectivity index (χ0v) is 18.6. The molecule has 0 unspecified atom stereocenters. The van der Waals surface area contributed by atoms with Crippen LogP contribution in [-0.2, 0) is 14.3 Å². The first-order valence-electron chi connectivity index (χ1n) is 10.9. The van der Waals surface area contributed by atoms with E-state index in [4.69, 9.17) is 9.47 Å². The molecule has 0 aliphatic carbocycles. The minimum absolute atomic E-state index is 0.0256. The Morgan fingerprint density at radius 3 is 2.56 bits per heavy atom. The van der Waals surface area contributed by atoms with Crippen molar-refractivity contribution in [3.8, 4) is 6.07 Å². The Bertz CT molecular complexity index is 869. The SMILES string of the molecule is CCCCOC(=O)c1ccccc1NC(=O)/C(C#N)=C\NC1CCN(C(=O)OCC)CC1. The zero-order chi connectivity index (χ0) is 23.3. The van der Waals surface area contributed by atoms with Crippen molar-refractivity contribution in [2.75, 3.05) is 31.6 Å². The Labute approximate surface area is 188 Å². The second kappa shape index (κ2) is 13.0. The number of rotatable bonds is 9. The first-order valence-corrected chi connectivity index (χ1v) is 10.9. The van der Waals surface area contributed by atoms with Gasteiger partial charge in [-0.15, -0.1) is 0 Å². The summed E-state index contributed by atoms with van der Waals surface area (Å²) >= 11 is 0. The lowest BCUT2D eigenvalue weighted by atomic mass is 10.1. The molecule has 32 heavy (non-hydrogen) atoms. The van der Waals surface area contributed by atoms with E-state index in [1.54, 1.807) is 36.1 Å². The van der Waals surface area contributed by atoms with Gasteiger partial charge in [0.25, 0.3) is 5.91 Å². The van der Waals surface area contributed by atoms with Gasteiger partial charge in [0.1, 0.15) is 11.6 Å². The van der Waals surface area contributed by atoms with Gasteiger partial charge in [-0.25, -0.2) is 9.59 Å². The molecule has 0 radical (unpaired) electrons. The number of likely N-dealkylation sites (tertiary alicyclic amines) is 1. The van der Waals surface area contributed by atoms with E-state index in [2.05, 4.69) is 10.6 Å². The van der Waals surface area contributed by atoms with Crippen molar-refractivity contribution >= 4 is 23.7 Å². The summed E-state index contributed by atoms with van der Waals surface area (Å²) in [6.45, 7) is 5.46. The molecule has 1 heterocycles. The lowest BCUT2D eigenvalue weighted by molar-refractivity contribution is -0.112. The number of nitriles is 1. The fourth-order valence-corrected chi connectivity index (χ4v) is 3.14. The number of carbonyl (C=O) groups is 3. The van der Waals surface area contributed by atoms with Gasteiger partial charge >= 0.3 is 12.1 Å². The summed E-state index contributed by atoms with van der Waals surface area (Å²) in [7, 11) is 0. The molecule has 1 aromatic rings. The summed E-state index contributed by atoms with van der Waals surface area (Å²) in [4.78, 5) is 38.3. The zero-order valence-electron chi connectivity index (χ0n) is 18.6. The molecular formula is C23H30N4O5. The monoisotopic (exact) mass is 442 g/mol. The van der Waals surface area contributed by atoms with Crippen LogP contribution in [0.5, 0.6) is 0 Å². The molecule has 0 spiro atoms. The molecule has 0 atom stereocenters. The van der Waals surface area contributed by atoms with E-state index < -0.39 is 11.9 Å². The van der Waals surface area contributed by atoms with Crippen LogP contribution in [-0.4, -0.2) is 55.2 Å². The van der Waals surface area contributed by atoms with Gasteiger partial charge in [0.15, 0.2) is 0 Å². The molecule has 0 aromatic heterocycles. The standard InChI is InChI=1S/C23H30N4O5/c1-3-5-14-32-22(29)19-8-6-7-9-20(19)26-21(28)17(15-24)16-25-18-10-12-27(13-11-18)23(30)31-4-2/h6-9,16,18,25H,3-5,10-14H2,1-2H3,(H,26,28)/b17-16-. The maximum absolute atomic E-state index is 12.6. The molecule has 1 aromatic carbocycles. The molecule has 1 aliphatic heterocycles. The number of amides is 2. The van der Waals surface area contributed by atoms with Crippen molar-refractivity contribution in [1.82, 2.24) is 10.2 Å². The number of hydrogen-bond donors (Lipinski definition) is 2. The average molecular weight is 443 g/mol. The average Bonchev–Trinajstić information content (AvgIpc) is 2.80. The van der Waals surface area contributed by atoms with E-state index >= 15 is 0 Å². The van der Waals surface area contributed by atoms with Crippen molar-refractivity contribution in [3.63, 3.8) is 0 Å². The third-order valence-electron chi connectivity index (χ3n) is 4.98. The van der Waals surface area contributed by atoms with Gasteiger partial charge in [-0.05, 0) is 38.3 Å². The molecule has 2 N–H and O–H groups in total. The topological polar surface area (TPSA) is 121 Å². The van der Waals surface area contributed by atoms with Crippen LogP contribution in [0.15, 0.2) is 36.0 Å². The van der Waals surface area contributed by atoms with Crippen molar-refractivity contribution < 1.29 is 23.9 Å². The second-order valence-corrected chi connectivity index (χ2v) is 7.29. The highest BCUT2D eigenvalue weighted by Crippen LogP contribution is 2.18. The number of benzene rings is 1. The largest absolute Gasteiger partial charge is 0.462 e. The highest BCUT2D eigenvalue weighted by molar-refractivity contribution is 6.09. The molecule has 9 nitrogen and oxygen atoms in total. The van der Waals surface area contributed by atoms with Crippen LogP contribution in [0.1, 0.15) is 49.9 Å². The van der Waals surface area contributed by atoms with Crippen LogP contribution >= 0.6 is 0 Å². The quantitative estimate of drug-likeness (QED) is 0.261. The molecule has 0 bridgehead atoms. The second-order valence-electron chi connectivity index (χ2n) is 7.29. The number of piperidine rings is 1. The van der Waals surface area contributed by atoms with Crippen LogP contribution < -0.4 is 10.6 Å². The lowest BCUT2D eigenvalue weighted by Crippen LogP contribution is -2.44. The Morgan fingerprint density at radius 2 is 1.91 bits per heavy atom. The summed E-state index contributed by atoms with van der Waals surface area (Å²) in [5, 5.41) is 15.1. The molecule has 9 heteroatoms. The minimum Gasteiger partial charge on any atom is -0.462 e. The van der Waals surface area contributed by atoms with Gasteiger partial charge in [0, 0.05) is 25.3 Å². The number of carbonyl (C=O) groups excluding carboxylic acids is 3. The van der Waals surface area contributed by atoms with Gasteiger partial charge in [0.2, 0.25) is 0 Å². The van der Waals surface area contributed by atoms with E-state index in [1.807, 2.05) is 13.0 Å². The number of hydrogen-bond acceptors (Lipinski definition) is 7. The summed E-state index contributed by atoms with van der Waals surface area (Å²) < 4.78 is 10.2. The Balaban J connectivity index is 1.95. The smallest absolute Gasteiger partial charge is 0.409 e. The first-order chi connectivity index (χ1) is 15.5. The lowest BCUT2D eigenvalue weighted by Gasteiger charge is -2.31. The van der Waals surface area contributed by atoms with E-state index in [1.165, 1.54) is 6.20 Å². The molecule has 1 aliphatic rings. The van der Waals surface area contributed by atoms with Crippen molar-refractivity contribution in [2.24, 2.45) is 0 Å². The Kier molecular flexibility index (Phi) is 10.0. The van der Waals surface area contributed by atoms with Crippen LogP contribution in [0.2, 0.25) is 0 Å². The molecule has 1 saturated heterocycles. The first kappa shape index (κ1) is 24.7. The number of nitrogens with one attached hydrogen (secondary N) is 2. The van der Waals surface area contributed by atoms with Gasteiger partial charge in [-0.2, -0.15) is 5.26 Å². The van der Waals surface area contributed by atoms with Gasteiger partial charge in [-0.1, -0.05) is 25.5 Å². The third kappa shape index (κ3) is 7.30. The number of esters is 1. The molecule has 0 saturated carbocycles. The molecule has 172 valence electrons. The van der Waals surface area contributed by atoms with Crippen molar-refractivity contribution in [1.29, 1.82) is 5.26 Å².